The van der Waals surface area contributed by atoms with Crippen molar-refractivity contribution in [3.05, 3.63) is 71.5 Å². The standard InChI is InChI=1S/C18H17N3O2S/c1-2-13-8-10-14(11-9-13)21-16(17(18(22)23)19-20-21)12-24-15-6-4-3-5-7-15/h3-11H,2,12H2,1H3,(H,22,23). The molecule has 24 heavy (non-hydrogen) atoms. The normalized spacial score (nSPS) is 10.7. The van der Waals surface area contributed by atoms with E-state index in [2.05, 4.69) is 17.2 Å². The predicted molar refractivity (Wildman–Crippen MR) is 93.7 cm³/mol. The van der Waals surface area contributed by atoms with Gasteiger partial charge in [-0.3, -0.25) is 0 Å². The van der Waals surface area contributed by atoms with Crippen LogP contribution in [0.1, 0.15) is 28.7 Å². The van der Waals surface area contributed by atoms with Crippen LogP contribution in [0.5, 0.6) is 0 Å². The molecule has 0 aliphatic rings. The molecular weight excluding hydrogens is 322 g/mol. The van der Waals surface area contributed by atoms with E-state index in [1.807, 2.05) is 54.6 Å². The highest BCUT2D eigenvalue weighted by molar-refractivity contribution is 7.98. The minimum Gasteiger partial charge on any atom is -0.476 e. The minimum atomic E-state index is -1.06. The van der Waals surface area contributed by atoms with Crippen LogP contribution in [-0.2, 0) is 12.2 Å². The number of thioether (sulfide) groups is 1. The van der Waals surface area contributed by atoms with Crippen LogP contribution in [0.2, 0.25) is 0 Å². The van der Waals surface area contributed by atoms with Gasteiger partial charge in [0, 0.05) is 10.6 Å². The lowest BCUT2D eigenvalue weighted by molar-refractivity contribution is 0.0689. The highest BCUT2D eigenvalue weighted by atomic mass is 32.2. The van der Waals surface area contributed by atoms with E-state index in [4.69, 9.17) is 0 Å². The molecule has 2 aromatic carbocycles. The SMILES string of the molecule is CCc1ccc(-n2nnc(C(=O)O)c2CSc2ccccc2)cc1. The fourth-order valence-electron chi connectivity index (χ4n) is 2.35. The number of hydrogen-bond acceptors (Lipinski definition) is 4. The third kappa shape index (κ3) is 3.49. The van der Waals surface area contributed by atoms with Gasteiger partial charge < -0.3 is 5.11 Å². The summed E-state index contributed by atoms with van der Waals surface area (Å²) in [5.74, 6) is -0.580. The summed E-state index contributed by atoms with van der Waals surface area (Å²) in [5.41, 5.74) is 2.62. The topological polar surface area (TPSA) is 68.0 Å². The Hall–Kier alpha value is -2.60. The maximum Gasteiger partial charge on any atom is 0.358 e. The first kappa shape index (κ1) is 16.3. The van der Waals surface area contributed by atoms with Crippen molar-refractivity contribution in [3.63, 3.8) is 0 Å². The van der Waals surface area contributed by atoms with Crippen LogP contribution in [0.25, 0.3) is 5.69 Å². The summed E-state index contributed by atoms with van der Waals surface area (Å²) in [5, 5.41) is 17.3. The van der Waals surface area contributed by atoms with E-state index < -0.39 is 5.97 Å². The van der Waals surface area contributed by atoms with Gasteiger partial charge in [-0.1, -0.05) is 42.5 Å². The molecule has 3 rings (SSSR count). The monoisotopic (exact) mass is 339 g/mol. The Bertz CT molecular complexity index is 829. The zero-order valence-corrected chi connectivity index (χ0v) is 14.0. The van der Waals surface area contributed by atoms with Gasteiger partial charge in [-0.05, 0) is 36.2 Å². The molecular formula is C18H17N3O2S. The molecule has 1 N–H and O–H groups in total. The Morgan fingerprint density at radius 1 is 1.12 bits per heavy atom. The molecule has 0 saturated heterocycles. The molecule has 0 unspecified atom stereocenters. The van der Waals surface area contributed by atoms with E-state index in [1.165, 1.54) is 5.56 Å². The lowest BCUT2D eigenvalue weighted by Gasteiger charge is -2.08. The van der Waals surface area contributed by atoms with Gasteiger partial charge in [-0.25, -0.2) is 9.48 Å². The lowest BCUT2D eigenvalue weighted by atomic mass is 10.1. The number of aromatic carboxylic acids is 1. The highest BCUT2D eigenvalue weighted by Gasteiger charge is 2.20. The van der Waals surface area contributed by atoms with Crippen LogP contribution >= 0.6 is 11.8 Å². The maximum absolute atomic E-state index is 11.5. The van der Waals surface area contributed by atoms with Crippen molar-refractivity contribution in [1.82, 2.24) is 15.0 Å². The van der Waals surface area contributed by atoms with Gasteiger partial charge in [0.25, 0.3) is 0 Å². The maximum atomic E-state index is 11.5. The average molecular weight is 339 g/mol. The van der Waals surface area contributed by atoms with Gasteiger partial charge in [0.05, 0.1) is 11.4 Å². The summed E-state index contributed by atoms with van der Waals surface area (Å²) in [7, 11) is 0. The van der Waals surface area contributed by atoms with Crippen molar-refractivity contribution in [2.45, 2.75) is 24.0 Å². The van der Waals surface area contributed by atoms with Gasteiger partial charge in [0.1, 0.15) is 0 Å². The van der Waals surface area contributed by atoms with Crippen LogP contribution in [0, 0.1) is 0 Å². The van der Waals surface area contributed by atoms with Gasteiger partial charge >= 0.3 is 5.97 Å². The largest absolute Gasteiger partial charge is 0.476 e. The number of aryl methyl sites for hydroxylation is 1. The number of carbonyl (C=O) groups is 1. The molecule has 3 aromatic rings. The number of carboxylic acid groups (broad SMARTS) is 1. The van der Waals surface area contributed by atoms with E-state index in [9.17, 15) is 9.90 Å². The zero-order valence-electron chi connectivity index (χ0n) is 13.2. The molecule has 1 aromatic heterocycles. The zero-order chi connectivity index (χ0) is 16.9. The van der Waals surface area contributed by atoms with Crippen molar-refractivity contribution in [3.8, 4) is 5.69 Å². The Kier molecular flexibility index (Phi) is 4.96. The molecule has 0 aliphatic carbocycles. The number of benzene rings is 2. The summed E-state index contributed by atoms with van der Waals surface area (Å²) in [4.78, 5) is 12.5. The number of nitrogens with zero attached hydrogens (tertiary/aromatic N) is 3. The molecule has 0 fully saturated rings. The van der Waals surface area contributed by atoms with Crippen molar-refractivity contribution in [2.75, 3.05) is 0 Å². The van der Waals surface area contributed by atoms with Gasteiger partial charge in [-0.15, -0.1) is 16.9 Å². The van der Waals surface area contributed by atoms with Gasteiger partial charge in [0.15, 0.2) is 5.69 Å². The van der Waals surface area contributed by atoms with E-state index >= 15 is 0 Å². The van der Waals surface area contributed by atoms with Gasteiger partial charge in [0.2, 0.25) is 0 Å². The molecule has 0 amide bonds. The molecule has 5 nitrogen and oxygen atoms in total. The summed E-state index contributed by atoms with van der Waals surface area (Å²) in [6.45, 7) is 2.09. The van der Waals surface area contributed by atoms with Crippen molar-refractivity contribution in [2.24, 2.45) is 0 Å². The van der Waals surface area contributed by atoms with Crippen LogP contribution in [-0.4, -0.2) is 26.1 Å². The molecule has 0 aliphatic heterocycles. The van der Waals surface area contributed by atoms with Crippen molar-refractivity contribution >= 4 is 17.7 Å². The predicted octanol–water partition coefficient (Wildman–Crippen LogP) is 3.82. The number of rotatable bonds is 6. The Morgan fingerprint density at radius 3 is 2.46 bits per heavy atom. The smallest absolute Gasteiger partial charge is 0.358 e. The van der Waals surface area contributed by atoms with E-state index in [0.29, 0.717) is 11.4 Å². The highest BCUT2D eigenvalue weighted by Crippen LogP contribution is 2.25. The van der Waals surface area contributed by atoms with E-state index in [-0.39, 0.29) is 5.69 Å². The van der Waals surface area contributed by atoms with Crippen LogP contribution < -0.4 is 0 Å². The second-order valence-electron chi connectivity index (χ2n) is 5.22. The molecule has 0 radical (unpaired) electrons. The second kappa shape index (κ2) is 7.31. The Morgan fingerprint density at radius 2 is 1.83 bits per heavy atom. The first-order valence-electron chi connectivity index (χ1n) is 7.64. The number of aromatic nitrogens is 3. The molecule has 0 saturated carbocycles. The quantitative estimate of drug-likeness (QED) is 0.692. The second-order valence-corrected chi connectivity index (χ2v) is 6.27. The fraction of sp³-hybridized carbons (Fsp3) is 0.167. The van der Waals surface area contributed by atoms with Crippen LogP contribution in [0.4, 0.5) is 0 Å². The lowest BCUT2D eigenvalue weighted by Crippen LogP contribution is -2.06. The van der Waals surface area contributed by atoms with Crippen LogP contribution in [0.3, 0.4) is 0 Å². The third-order valence-corrected chi connectivity index (χ3v) is 4.70. The van der Waals surface area contributed by atoms with Crippen LogP contribution in [0.15, 0.2) is 59.5 Å². The Balaban J connectivity index is 1.92. The number of hydrogen-bond donors (Lipinski definition) is 1. The van der Waals surface area contributed by atoms with Crippen molar-refractivity contribution in [1.29, 1.82) is 0 Å². The Labute approximate surface area is 144 Å². The first-order valence-corrected chi connectivity index (χ1v) is 8.62. The first-order chi connectivity index (χ1) is 11.7. The third-order valence-electron chi connectivity index (χ3n) is 3.67. The fourth-order valence-corrected chi connectivity index (χ4v) is 3.26. The number of carboxylic acids is 1. The molecule has 122 valence electrons. The molecule has 0 bridgehead atoms. The summed E-state index contributed by atoms with van der Waals surface area (Å²) in [6, 6.07) is 17.8. The summed E-state index contributed by atoms with van der Waals surface area (Å²) >= 11 is 1.56. The van der Waals surface area contributed by atoms with Crippen molar-refractivity contribution < 1.29 is 9.90 Å². The average Bonchev–Trinajstić information content (AvgIpc) is 3.05. The molecule has 0 atom stereocenters. The summed E-state index contributed by atoms with van der Waals surface area (Å²) < 4.78 is 1.61. The van der Waals surface area contributed by atoms with E-state index in [1.54, 1.807) is 16.4 Å². The molecule has 6 heteroatoms. The summed E-state index contributed by atoms with van der Waals surface area (Å²) in [6.07, 6.45) is 0.953. The molecule has 1 heterocycles. The van der Waals surface area contributed by atoms with Gasteiger partial charge in [-0.2, -0.15) is 0 Å². The molecule has 0 spiro atoms. The van der Waals surface area contributed by atoms with E-state index in [0.717, 1.165) is 17.0 Å². The minimum absolute atomic E-state index is 0.00185.